The lowest BCUT2D eigenvalue weighted by Crippen LogP contribution is -2.57. The lowest BCUT2D eigenvalue weighted by atomic mass is 10.1. The fraction of sp³-hybridized carbons (Fsp3) is 0.405. The Hall–Kier alpha value is -7.31. The molecule has 0 saturated carbocycles. The van der Waals surface area contributed by atoms with Crippen LogP contribution in [-0.2, 0) is 44.9 Å². The summed E-state index contributed by atoms with van der Waals surface area (Å²) in [5.41, 5.74) is 11.6. The number of aromatic amines is 1. The third-order valence-electron chi connectivity index (χ3n) is 8.67. The van der Waals surface area contributed by atoms with E-state index in [0.717, 1.165) is 0 Å². The Labute approximate surface area is 357 Å². The molecule has 0 unspecified atom stereocenters. The minimum absolute atomic E-state index is 0.0158. The summed E-state index contributed by atoms with van der Waals surface area (Å²) in [4.78, 5) is 138. The van der Waals surface area contributed by atoms with E-state index < -0.39 is 78.1 Å². The number of carbonyl (C=O) groups excluding carboxylic acids is 9. The number of anilines is 2. The smallest absolute Gasteiger partial charge is 0.280 e. The van der Waals surface area contributed by atoms with Crippen LogP contribution >= 0.6 is 11.8 Å². The van der Waals surface area contributed by atoms with E-state index in [0.29, 0.717) is 36.5 Å². The second kappa shape index (κ2) is 25.3. The number of nitrogen functional groups attached to an aromatic ring is 1. The first kappa shape index (κ1) is 49.1. The summed E-state index contributed by atoms with van der Waals surface area (Å²) < 4.78 is 0. The number of H-pyrrole nitrogens is 1. The van der Waals surface area contributed by atoms with Crippen molar-refractivity contribution in [2.75, 3.05) is 29.6 Å². The van der Waals surface area contributed by atoms with Crippen LogP contribution in [0.4, 0.5) is 11.6 Å². The molecule has 0 aliphatic carbocycles. The maximum atomic E-state index is 13.4. The molecule has 1 aromatic carbocycles. The van der Waals surface area contributed by atoms with Crippen molar-refractivity contribution in [2.45, 2.75) is 75.3 Å². The molecule has 0 aliphatic heterocycles. The van der Waals surface area contributed by atoms with E-state index in [2.05, 4.69) is 57.2 Å². The first-order chi connectivity index (χ1) is 29.7. The molecule has 62 heavy (non-hydrogen) atoms. The van der Waals surface area contributed by atoms with Crippen molar-refractivity contribution in [3.05, 3.63) is 52.1 Å². The third-order valence-corrected chi connectivity index (χ3v) is 9.37. The molecule has 3 aromatic rings. The van der Waals surface area contributed by atoms with Crippen LogP contribution in [0, 0.1) is 5.41 Å². The first-order valence-electron chi connectivity index (χ1n) is 18.9. The highest BCUT2D eigenvalue weighted by Crippen LogP contribution is 2.13. The summed E-state index contributed by atoms with van der Waals surface area (Å²) in [6.45, 7) is 0.280. The Kier molecular flexibility index (Phi) is 20.1. The molecule has 2 aromatic heterocycles. The van der Waals surface area contributed by atoms with Crippen molar-refractivity contribution < 1.29 is 43.2 Å². The lowest BCUT2D eigenvalue weighted by molar-refractivity contribution is -0.134. The molecule has 0 radical (unpaired) electrons. The van der Waals surface area contributed by atoms with Gasteiger partial charge in [-0.25, -0.2) is 9.97 Å². The van der Waals surface area contributed by atoms with Gasteiger partial charge >= 0.3 is 0 Å². The molecule has 13 N–H and O–H groups in total. The van der Waals surface area contributed by atoms with E-state index >= 15 is 0 Å². The predicted molar refractivity (Wildman–Crippen MR) is 225 cm³/mol. The molecule has 0 spiro atoms. The Morgan fingerprint density at radius 3 is 2.10 bits per heavy atom. The van der Waals surface area contributed by atoms with Crippen LogP contribution in [0.1, 0.15) is 54.6 Å². The van der Waals surface area contributed by atoms with Gasteiger partial charge in [0.25, 0.3) is 11.5 Å². The standard InChI is InChI=1S/C37H48N14O10S/c1-62-19-24(18-55)46-32(58)27(11-14-53)49-33(59)25(3-2-12-41-36(38)39)48-34(60)26(10-13-52)47-28(56)9-8-22(17-54)45-31(57)20-4-6-21(7-5-20)42-15-23-16-43-30-29(44-23)35(61)51-37(40)50-30/h4-7,13-14,16-18,22,24-27,42H,2-3,8-12,15,19H2,1H3,(H,45,57)(H,46,58)(H,47,56)(H,48,60)(H,49,59)(H4,38,39,41)(H3,40,43,50,51,61)/t22-,24+,25-,26-,27-/m0/s1. The van der Waals surface area contributed by atoms with Crippen LogP contribution in [0.3, 0.4) is 0 Å². The van der Waals surface area contributed by atoms with Gasteiger partial charge in [0.15, 0.2) is 17.1 Å². The van der Waals surface area contributed by atoms with E-state index in [4.69, 9.17) is 16.9 Å². The molecule has 0 fully saturated rings. The lowest BCUT2D eigenvalue weighted by Gasteiger charge is -2.25. The van der Waals surface area contributed by atoms with Gasteiger partial charge in [0.05, 0.1) is 30.5 Å². The Morgan fingerprint density at radius 2 is 1.47 bits per heavy atom. The summed E-state index contributed by atoms with van der Waals surface area (Å²) in [7, 11) is 0. The normalized spacial score (nSPS) is 13.1. The molecule has 24 nitrogen and oxygen atoms in total. The number of guanidine groups is 1. The number of carbonyl (C=O) groups is 9. The van der Waals surface area contributed by atoms with Gasteiger partial charge in [0.1, 0.15) is 43.3 Å². The van der Waals surface area contributed by atoms with Crippen LogP contribution in [0.2, 0.25) is 0 Å². The molecule has 332 valence electrons. The molecule has 3 rings (SSSR count). The summed E-state index contributed by atoms with van der Waals surface area (Å²) in [6, 6.07) is -0.138. The zero-order valence-corrected chi connectivity index (χ0v) is 34.3. The van der Waals surface area contributed by atoms with Crippen molar-refractivity contribution in [3.8, 4) is 0 Å². The number of benzene rings is 1. The summed E-state index contributed by atoms with van der Waals surface area (Å²) in [6.07, 6.45) is 3.36. The number of amides is 5. The number of fused-ring (bicyclic) bond motifs is 1. The van der Waals surface area contributed by atoms with Crippen LogP contribution in [0.15, 0.2) is 35.3 Å². The number of nitrogens with zero attached hydrogens (tertiary/aromatic N) is 3. The molecule has 5 amide bonds. The highest BCUT2D eigenvalue weighted by Gasteiger charge is 2.30. The van der Waals surface area contributed by atoms with E-state index in [1.807, 2.05) is 0 Å². The number of rotatable bonds is 27. The Bertz CT molecular complexity index is 2160. The fourth-order valence-corrected chi connectivity index (χ4v) is 6.06. The van der Waals surface area contributed by atoms with Crippen LogP contribution in [0.25, 0.3) is 11.2 Å². The number of hydrogen-bond acceptors (Lipinski definition) is 17. The zero-order valence-electron chi connectivity index (χ0n) is 33.4. The second-order valence-electron chi connectivity index (χ2n) is 13.4. The minimum atomic E-state index is -1.48. The number of nitrogens with two attached hydrogens (primary N) is 2. The molecule has 0 saturated heterocycles. The molecule has 2 heterocycles. The van der Waals surface area contributed by atoms with Gasteiger partial charge in [-0.05, 0) is 49.8 Å². The second-order valence-corrected chi connectivity index (χ2v) is 14.3. The molecule has 5 atom stereocenters. The van der Waals surface area contributed by atoms with Gasteiger partial charge in [0, 0.05) is 42.8 Å². The number of aldehydes is 4. The highest BCUT2D eigenvalue weighted by atomic mass is 32.2. The molecular weight excluding hydrogens is 833 g/mol. The Morgan fingerprint density at radius 1 is 0.839 bits per heavy atom. The van der Waals surface area contributed by atoms with E-state index in [1.54, 1.807) is 18.4 Å². The van der Waals surface area contributed by atoms with Crippen LogP contribution in [0.5, 0.6) is 0 Å². The average Bonchev–Trinajstić information content (AvgIpc) is 3.24. The maximum absolute atomic E-state index is 13.4. The van der Waals surface area contributed by atoms with E-state index in [1.165, 1.54) is 30.1 Å². The van der Waals surface area contributed by atoms with Crippen molar-refractivity contribution in [3.63, 3.8) is 0 Å². The first-order valence-corrected chi connectivity index (χ1v) is 20.3. The summed E-state index contributed by atoms with van der Waals surface area (Å²) >= 11 is 1.28. The summed E-state index contributed by atoms with van der Waals surface area (Å²) in [5, 5.41) is 25.1. The van der Waals surface area contributed by atoms with Crippen LogP contribution in [-0.4, -0.2) is 129 Å². The SMILES string of the molecule is CSC[C@@H](C=O)NC(=O)[C@H](CC=O)NC(=O)[C@H](CCCNC(=N)N)NC(=O)[C@H](CC=O)NC(=O)CC[C@@H](C=O)NC(=O)c1ccc(NCc2cnc3nc(N)[nH]c(=O)c3n2)cc1. The van der Waals surface area contributed by atoms with Crippen molar-refractivity contribution in [1.82, 2.24) is 51.8 Å². The molecular formula is C37H48N14O10S. The summed E-state index contributed by atoms with van der Waals surface area (Å²) in [5.74, 6) is -4.28. The zero-order chi connectivity index (χ0) is 45.6. The van der Waals surface area contributed by atoms with Gasteiger partial charge < -0.3 is 67.9 Å². The van der Waals surface area contributed by atoms with Gasteiger partial charge in [-0.1, -0.05) is 0 Å². The number of hydrogen-bond donors (Lipinski definition) is 11. The van der Waals surface area contributed by atoms with Crippen molar-refractivity contribution >= 4 is 95.2 Å². The number of thioether (sulfide) groups is 1. The van der Waals surface area contributed by atoms with Gasteiger partial charge in [-0.15, -0.1) is 0 Å². The monoisotopic (exact) mass is 880 g/mol. The largest absolute Gasteiger partial charge is 0.379 e. The fourth-order valence-electron chi connectivity index (χ4n) is 5.54. The van der Waals surface area contributed by atoms with Crippen LogP contribution < -0.4 is 54.2 Å². The van der Waals surface area contributed by atoms with Gasteiger partial charge in [-0.2, -0.15) is 16.7 Å². The third kappa shape index (κ3) is 16.0. The molecule has 0 bridgehead atoms. The predicted octanol–water partition coefficient (Wildman–Crippen LogP) is -3.07. The minimum Gasteiger partial charge on any atom is -0.379 e. The van der Waals surface area contributed by atoms with E-state index in [-0.39, 0.29) is 73.2 Å². The number of aromatic nitrogens is 4. The number of nitrogens with one attached hydrogen (secondary N) is 9. The van der Waals surface area contributed by atoms with E-state index in [9.17, 15) is 47.9 Å². The maximum Gasteiger partial charge on any atom is 0.280 e. The Balaban J connectivity index is 1.58. The topological polar surface area (TPSA) is 385 Å². The van der Waals surface area contributed by atoms with Gasteiger partial charge in [0.2, 0.25) is 29.6 Å². The average molecular weight is 881 g/mol. The molecule has 0 aliphatic rings. The van der Waals surface area contributed by atoms with Crippen molar-refractivity contribution in [2.24, 2.45) is 5.73 Å². The quantitative estimate of drug-likeness (QED) is 0.0157. The molecule has 25 heteroatoms. The van der Waals surface area contributed by atoms with Gasteiger partial charge in [-0.3, -0.25) is 39.2 Å². The van der Waals surface area contributed by atoms with Crippen molar-refractivity contribution in [1.29, 1.82) is 5.41 Å². The highest BCUT2D eigenvalue weighted by molar-refractivity contribution is 7.98.